The highest BCUT2D eigenvalue weighted by atomic mass is 16.3. The molecular weight excluding hydrogens is 136 g/mol. The van der Waals surface area contributed by atoms with Crippen LogP contribution in [0.3, 0.4) is 0 Å². The van der Waals surface area contributed by atoms with Crippen molar-refractivity contribution in [3.63, 3.8) is 0 Å². The number of Topliss-reactive ketones (excluding diaryl/α,β-unsaturated/α-hetero) is 1. The van der Waals surface area contributed by atoms with Gasteiger partial charge < -0.3 is 15.3 Å². The van der Waals surface area contributed by atoms with Gasteiger partial charge in [0.1, 0.15) is 6.61 Å². The largest absolute Gasteiger partial charge is 0.395 e. The number of rotatable bonds is 4. The smallest absolute Gasteiger partial charge is 0.168 e. The molecule has 0 amide bonds. The Morgan fingerprint density at radius 1 is 1.30 bits per heavy atom. The zero-order valence-corrected chi connectivity index (χ0v) is 5.87. The predicted octanol–water partition coefficient (Wildman–Crippen LogP) is -1.46. The molecule has 0 aromatic rings. The SMILES string of the molecule is CC(CO)(CO)C(=O)CO. The molecule has 0 aliphatic carbocycles. The summed E-state index contributed by atoms with van der Waals surface area (Å²) < 4.78 is 0. The molecule has 0 saturated heterocycles. The Balaban J connectivity index is 4.17. The van der Waals surface area contributed by atoms with Crippen LogP contribution in [0.15, 0.2) is 0 Å². The van der Waals surface area contributed by atoms with E-state index in [1.807, 2.05) is 0 Å². The zero-order chi connectivity index (χ0) is 8.20. The van der Waals surface area contributed by atoms with E-state index >= 15 is 0 Å². The maximum absolute atomic E-state index is 10.7. The molecule has 3 N–H and O–H groups in total. The van der Waals surface area contributed by atoms with E-state index in [9.17, 15) is 4.79 Å². The van der Waals surface area contributed by atoms with Gasteiger partial charge in [-0.3, -0.25) is 4.79 Å². The van der Waals surface area contributed by atoms with Crippen molar-refractivity contribution >= 4 is 5.78 Å². The topological polar surface area (TPSA) is 77.8 Å². The quantitative estimate of drug-likeness (QED) is 0.455. The number of aliphatic hydroxyl groups excluding tert-OH is 3. The molecule has 0 radical (unpaired) electrons. The molecule has 4 heteroatoms. The monoisotopic (exact) mass is 148 g/mol. The highest BCUT2D eigenvalue weighted by Crippen LogP contribution is 2.14. The highest BCUT2D eigenvalue weighted by Gasteiger charge is 2.30. The summed E-state index contributed by atoms with van der Waals surface area (Å²) >= 11 is 0. The van der Waals surface area contributed by atoms with Gasteiger partial charge in [0, 0.05) is 0 Å². The first-order chi connectivity index (χ1) is 4.60. The van der Waals surface area contributed by atoms with Crippen molar-refractivity contribution in [2.24, 2.45) is 5.41 Å². The summed E-state index contributed by atoms with van der Waals surface area (Å²) in [6.07, 6.45) is 0. The summed E-state index contributed by atoms with van der Waals surface area (Å²) in [6.45, 7) is -0.130. The molecule has 0 bridgehead atoms. The number of ketones is 1. The fraction of sp³-hybridized carbons (Fsp3) is 0.833. The first-order valence-corrected chi connectivity index (χ1v) is 2.96. The molecule has 0 fully saturated rings. The summed E-state index contributed by atoms with van der Waals surface area (Å²) in [7, 11) is 0. The lowest BCUT2D eigenvalue weighted by molar-refractivity contribution is -0.135. The number of hydrogen-bond acceptors (Lipinski definition) is 4. The molecule has 0 aromatic heterocycles. The van der Waals surface area contributed by atoms with E-state index < -0.39 is 31.0 Å². The van der Waals surface area contributed by atoms with Crippen LogP contribution < -0.4 is 0 Å². The normalized spacial score (nSPS) is 11.6. The van der Waals surface area contributed by atoms with E-state index in [1.54, 1.807) is 0 Å². The summed E-state index contributed by atoms with van der Waals surface area (Å²) in [5.41, 5.74) is -1.19. The van der Waals surface area contributed by atoms with Crippen LogP contribution in [0.2, 0.25) is 0 Å². The Morgan fingerprint density at radius 3 is 1.80 bits per heavy atom. The van der Waals surface area contributed by atoms with Crippen molar-refractivity contribution in [2.45, 2.75) is 6.92 Å². The van der Waals surface area contributed by atoms with E-state index in [0.717, 1.165) is 0 Å². The van der Waals surface area contributed by atoms with Gasteiger partial charge in [-0.15, -0.1) is 0 Å². The van der Waals surface area contributed by atoms with Crippen molar-refractivity contribution in [3.8, 4) is 0 Å². The fourth-order valence-electron chi connectivity index (χ4n) is 0.417. The summed E-state index contributed by atoms with van der Waals surface area (Å²) in [5, 5.41) is 25.6. The van der Waals surface area contributed by atoms with Crippen LogP contribution >= 0.6 is 0 Å². The maximum atomic E-state index is 10.7. The van der Waals surface area contributed by atoms with Gasteiger partial charge in [-0.25, -0.2) is 0 Å². The van der Waals surface area contributed by atoms with E-state index in [-0.39, 0.29) is 0 Å². The molecule has 4 nitrogen and oxygen atoms in total. The van der Waals surface area contributed by atoms with Gasteiger partial charge in [0.05, 0.1) is 18.6 Å². The average Bonchev–Trinajstić information content (AvgIpc) is 2.01. The van der Waals surface area contributed by atoms with Gasteiger partial charge in [0.25, 0.3) is 0 Å². The third-order valence-corrected chi connectivity index (χ3v) is 1.51. The van der Waals surface area contributed by atoms with E-state index in [1.165, 1.54) is 6.92 Å². The molecule has 0 unspecified atom stereocenters. The standard InChI is InChI=1S/C6H12O4/c1-6(3-8,4-9)5(10)2-7/h7-9H,2-4H2,1H3. The van der Waals surface area contributed by atoms with Gasteiger partial charge in [-0.1, -0.05) is 0 Å². The second-order valence-corrected chi connectivity index (χ2v) is 2.46. The van der Waals surface area contributed by atoms with Crippen LogP contribution in [0.25, 0.3) is 0 Å². The lowest BCUT2D eigenvalue weighted by Gasteiger charge is -2.20. The summed E-state index contributed by atoms with van der Waals surface area (Å²) in [5.74, 6) is -0.544. The molecule has 0 saturated carbocycles. The maximum Gasteiger partial charge on any atom is 0.168 e. The van der Waals surface area contributed by atoms with Crippen LogP contribution in [0.1, 0.15) is 6.92 Å². The molecule has 0 heterocycles. The van der Waals surface area contributed by atoms with Gasteiger partial charge in [-0.05, 0) is 6.92 Å². The van der Waals surface area contributed by atoms with E-state index in [0.29, 0.717) is 0 Å². The number of carbonyl (C=O) groups is 1. The number of hydrogen-bond donors (Lipinski definition) is 3. The van der Waals surface area contributed by atoms with Crippen molar-refractivity contribution in [1.29, 1.82) is 0 Å². The Hall–Kier alpha value is -0.450. The summed E-state index contributed by atoms with van der Waals surface area (Å²) in [4.78, 5) is 10.7. The van der Waals surface area contributed by atoms with Crippen molar-refractivity contribution in [2.75, 3.05) is 19.8 Å². The van der Waals surface area contributed by atoms with Crippen LogP contribution in [0.4, 0.5) is 0 Å². The van der Waals surface area contributed by atoms with Gasteiger partial charge in [0.2, 0.25) is 0 Å². The van der Waals surface area contributed by atoms with Gasteiger partial charge >= 0.3 is 0 Å². The van der Waals surface area contributed by atoms with Crippen molar-refractivity contribution in [1.82, 2.24) is 0 Å². The van der Waals surface area contributed by atoms with Crippen molar-refractivity contribution < 1.29 is 20.1 Å². The Labute approximate surface area is 59.1 Å². The summed E-state index contributed by atoms with van der Waals surface area (Å²) in [6, 6.07) is 0. The van der Waals surface area contributed by atoms with E-state index in [4.69, 9.17) is 15.3 Å². The molecule has 60 valence electrons. The molecule has 0 rings (SSSR count). The third-order valence-electron chi connectivity index (χ3n) is 1.51. The van der Waals surface area contributed by atoms with E-state index in [2.05, 4.69) is 0 Å². The highest BCUT2D eigenvalue weighted by molar-refractivity contribution is 5.85. The fourth-order valence-corrected chi connectivity index (χ4v) is 0.417. The number of carbonyl (C=O) groups excluding carboxylic acids is 1. The van der Waals surface area contributed by atoms with Crippen molar-refractivity contribution in [3.05, 3.63) is 0 Å². The first kappa shape index (κ1) is 9.55. The molecule has 10 heavy (non-hydrogen) atoms. The lowest BCUT2D eigenvalue weighted by atomic mass is 9.88. The minimum Gasteiger partial charge on any atom is -0.395 e. The van der Waals surface area contributed by atoms with Crippen LogP contribution in [0.5, 0.6) is 0 Å². The Morgan fingerprint density at radius 2 is 1.70 bits per heavy atom. The molecule has 0 aliphatic heterocycles. The molecule has 0 aliphatic rings. The molecule has 0 spiro atoms. The predicted molar refractivity (Wildman–Crippen MR) is 34.4 cm³/mol. The molecule has 0 atom stereocenters. The third kappa shape index (κ3) is 1.76. The lowest BCUT2D eigenvalue weighted by Crippen LogP contribution is -2.37. The minimum absolute atomic E-state index is 0.442. The average molecular weight is 148 g/mol. The van der Waals surface area contributed by atoms with Crippen LogP contribution in [-0.4, -0.2) is 40.9 Å². The molecular formula is C6H12O4. The second-order valence-electron chi connectivity index (χ2n) is 2.46. The zero-order valence-electron chi connectivity index (χ0n) is 5.87. The minimum atomic E-state index is -1.19. The number of aliphatic hydroxyl groups is 3. The van der Waals surface area contributed by atoms with Gasteiger partial charge in [-0.2, -0.15) is 0 Å². The Kier molecular flexibility index (Phi) is 3.49. The molecule has 0 aromatic carbocycles. The second kappa shape index (κ2) is 3.65. The van der Waals surface area contributed by atoms with Gasteiger partial charge in [0.15, 0.2) is 5.78 Å². The first-order valence-electron chi connectivity index (χ1n) is 2.96. The van der Waals surface area contributed by atoms with Crippen LogP contribution in [0, 0.1) is 5.41 Å². The Bertz CT molecular complexity index is 117. The van der Waals surface area contributed by atoms with Crippen LogP contribution in [-0.2, 0) is 4.79 Å².